The van der Waals surface area contributed by atoms with Gasteiger partial charge in [0, 0.05) is 24.5 Å². The number of amides is 1. The third-order valence-corrected chi connectivity index (χ3v) is 2.90. The van der Waals surface area contributed by atoms with Crippen molar-refractivity contribution in [2.75, 3.05) is 0 Å². The van der Waals surface area contributed by atoms with Gasteiger partial charge in [-0.05, 0) is 24.1 Å². The van der Waals surface area contributed by atoms with Crippen LogP contribution in [0.1, 0.15) is 29.3 Å². The van der Waals surface area contributed by atoms with Crippen molar-refractivity contribution in [2.24, 2.45) is 5.10 Å². The molecule has 0 unspecified atom stereocenters. The highest BCUT2D eigenvalue weighted by atomic mass is 16.2. The average molecular weight is 267 g/mol. The number of hydrogen-bond acceptors (Lipinski definition) is 3. The van der Waals surface area contributed by atoms with E-state index in [-0.39, 0.29) is 5.91 Å². The highest BCUT2D eigenvalue weighted by Gasteiger charge is 2.05. The van der Waals surface area contributed by atoms with Crippen molar-refractivity contribution in [1.82, 2.24) is 10.4 Å². The molecule has 102 valence electrons. The molecule has 0 atom stereocenters. The van der Waals surface area contributed by atoms with Gasteiger partial charge in [0.05, 0.1) is 5.56 Å². The minimum Gasteiger partial charge on any atom is -0.267 e. The molecular formula is C16H17N3O. The van der Waals surface area contributed by atoms with E-state index in [9.17, 15) is 4.79 Å². The molecule has 0 saturated carbocycles. The number of pyridine rings is 1. The number of aromatic nitrogens is 1. The van der Waals surface area contributed by atoms with Gasteiger partial charge in [-0.2, -0.15) is 5.10 Å². The Balaban J connectivity index is 1.99. The van der Waals surface area contributed by atoms with E-state index in [1.807, 2.05) is 37.3 Å². The lowest BCUT2D eigenvalue weighted by Crippen LogP contribution is -2.20. The maximum atomic E-state index is 11.9. The van der Waals surface area contributed by atoms with Crippen molar-refractivity contribution < 1.29 is 4.79 Å². The summed E-state index contributed by atoms with van der Waals surface area (Å²) in [6, 6.07) is 13.5. The highest BCUT2D eigenvalue weighted by molar-refractivity contribution is 5.95. The molecule has 20 heavy (non-hydrogen) atoms. The smallest absolute Gasteiger partial charge is 0.267 e. The van der Waals surface area contributed by atoms with Crippen LogP contribution in [0.5, 0.6) is 0 Å². The van der Waals surface area contributed by atoms with Crippen LogP contribution in [0.3, 0.4) is 0 Å². The van der Waals surface area contributed by atoms with E-state index in [1.165, 1.54) is 11.8 Å². The Morgan fingerprint density at radius 1 is 1.20 bits per heavy atom. The molecule has 0 bridgehead atoms. The van der Waals surface area contributed by atoms with Crippen molar-refractivity contribution in [3.8, 4) is 0 Å². The Morgan fingerprint density at radius 2 is 2.00 bits per heavy atom. The zero-order valence-electron chi connectivity index (χ0n) is 11.4. The van der Waals surface area contributed by atoms with Gasteiger partial charge in [0.1, 0.15) is 0 Å². The maximum absolute atomic E-state index is 11.9. The van der Waals surface area contributed by atoms with Crippen LogP contribution >= 0.6 is 0 Å². The van der Waals surface area contributed by atoms with Crippen molar-refractivity contribution in [3.05, 3.63) is 66.0 Å². The first-order chi connectivity index (χ1) is 9.79. The van der Waals surface area contributed by atoms with E-state index in [4.69, 9.17) is 0 Å². The van der Waals surface area contributed by atoms with E-state index in [0.29, 0.717) is 5.56 Å². The Kier molecular flexibility index (Phi) is 5.00. The van der Waals surface area contributed by atoms with Crippen molar-refractivity contribution in [3.63, 3.8) is 0 Å². The molecular weight excluding hydrogens is 250 g/mol. The monoisotopic (exact) mass is 267 g/mol. The number of rotatable bonds is 5. The summed E-state index contributed by atoms with van der Waals surface area (Å²) < 4.78 is 0. The summed E-state index contributed by atoms with van der Waals surface area (Å²) in [5.41, 5.74) is 5.21. The number of benzene rings is 1. The molecule has 4 nitrogen and oxygen atoms in total. The van der Waals surface area contributed by atoms with Crippen LogP contribution in [-0.2, 0) is 6.42 Å². The van der Waals surface area contributed by atoms with E-state index >= 15 is 0 Å². The zero-order chi connectivity index (χ0) is 14.2. The van der Waals surface area contributed by atoms with Gasteiger partial charge < -0.3 is 0 Å². The SMILES string of the molecule is CCC(Cc1ccccc1)=NNC(=O)c1cccnc1. The van der Waals surface area contributed by atoms with E-state index < -0.39 is 0 Å². The molecule has 0 aliphatic rings. The standard InChI is InChI=1S/C16H17N3O/c1-2-15(11-13-7-4-3-5-8-13)18-19-16(20)14-9-6-10-17-12-14/h3-10,12H,2,11H2,1H3,(H,19,20). The summed E-state index contributed by atoms with van der Waals surface area (Å²) in [6.45, 7) is 2.03. The van der Waals surface area contributed by atoms with Gasteiger partial charge in [-0.15, -0.1) is 0 Å². The fraction of sp³-hybridized carbons (Fsp3) is 0.188. The van der Waals surface area contributed by atoms with Gasteiger partial charge in [-0.25, -0.2) is 5.43 Å². The van der Waals surface area contributed by atoms with Crippen LogP contribution in [0.4, 0.5) is 0 Å². The van der Waals surface area contributed by atoms with Crippen LogP contribution in [0.15, 0.2) is 60.0 Å². The fourth-order valence-corrected chi connectivity index (χ4v) is 1.77. The van der Waals surface area contributed by atoms with Crippen LogP contribution in [0, 0.1) is 0 Å². The van der Waals surface area contributed by atoms with Crippen LogP contribution < -0.4 is 5.43 Å². The summed E-state index contributed by atoms with van der Waals surface area (Å²) >= 11 is 0. The first-order valence-corrected chi connectivity index (χ1v) is 6.59. The van der Waals surface area contributed by atoms with E-state index in [0.717, 1.165) is 18.6 Å². The number of hydrogen-bond donors (Lipinski definition) is 1. The maximum Gasteiger partial charge on any atom is 0.272 e. The largest absolute Gasteiger partial charge is 0.272 e. The van der Waals surface area contributed by atoms with Gasteiger partial charge in [-0.1, -0.05) is 37.3 Å². The van der Waals surface area contributed by atoms with Crippen LogP contribution in [-0.4, -0.2) is 16.6 Å². The normalized spacial score (nSPS) is 11.2. The Bertz CT molecular complexity index is 579. The van der Waals surface area contributed by atoms with Crippen molar-refractivity contribution >= 4 is 11.6 Å². The number of carbonyl (C=O) groups is 1. The molecule has 0 aliphatic carbocycles. The molecule has 2 rings (SSSR count). The van der Waals surface area contributed by atoms with Crippen molar-refractivity contribution in [1.29, 1.82) is 0 Å². The van der Waals surface area contributed by atoms with Gasteiger partial charge in [-0.3, -0.25) is 9.78 Å². The van der Waals surface area contributed by atoms with E-state index in [2.05, 4.69) is 15.5 Å². The van der Waals surface area contributed by atoms with Crippen LogP contribution in [0.2, 0.25) is 0 Å². The molecule has 0 aliphatic heterocycles. The summed E-state index contributed by atoms with van der Waals surface area (Å²) in [7, 11) is 0. The summed E-state index contributed by atoms with van der Waals surface area (Å²) in [5.74, 6) is -0.239. The number of hydrazone groups is 1. The molecule has 0 radical (unpaired) electrons. The second kappa shape index (κ2) is 7.19. The van der Waals surface area contributed by atoms with Gasteiger partial charge in [0.2, 0.25) is 0 Å². The third kappa shape index (κ3) is 4.02. The molecule has 0 fully saturated rings. The number of carbonyl (C=O) groups excluding carboxylic acids is 1. The molecule has 1 aromatic carbocycles. The van der Waals surface area contributed by atoms with Gasteiger partial charge in [0.25, 0.3) is 5.91 Å². The lowest BCUT2D eigenvalue weighted by molar-refractivity contribution is 0.0954. The Morgan fingerprint density at radius 3 is 2.65 bits per heavy atom. The molecule has 0 saturated heterocycles. The zero-order valence-corrected chi connectivity index (χ0v) is 11.4. The van der Waals surface area contributed by atoms with E-state index in [1.54, 1.807) is 18.3 Å². The molecule has 1 heterocycles. The third-order valence-electron chi connectivity index (χ3n) is 2.90. The number of nitrogens with one attached hydrogen (secondary N) is 1. The topological polar surface area (TPSA) is 54.4 Å². The second-order valence-electron chi connectivity index (χ2n) is 4.38. The summed E-state index contributed by atoms with van der Waals surface area (Å²) in [5, 5.41) is 4.20. The minimum absolute atomic E-state index is 0.239. The summed E-state index contributed by atoms with van der Waals surface area (Å²) in [6.07, 6.45) is 4.69. The molecule has 4 heteroatoms. The lowest BCUT2D eigenvalue weighted by atomic mass is 10.1. The first kappa shape index (κ1) is 13.9. The minimum atomic E-state index is -0.239. The van der Waals surface area contributed by atoms with Gasteiger partial charge >= 0.3 is 0 Å². The number of nitrogens with zero attached hydrogens (tertiary/aromatic N) is 2. The predicted octanol–water partition coefficient (Wildman–Crippen LogP) is 2.82. The Hall–Kier alpha value is -2.49. The second-order valence-corrected chi connectivity index (χ2v) is 4.38. The quantitative estimate of drug-likeness (QED) is 0.669. The molecule has 2 aromatic rings. The lowest BCUT2D eigenvalue weighted by Gasteiger charge is -2.05. The highest BCUT2D eigenvalue weighted by Crippen LogP contribution is 2.03. The first-order valence-electron chi connectivity index (χ1n) is 6.59. The molecule has 0 spiro atoms. The van der Waals surface area contributed by atoms with Gasteiger partial charge in [0.15, 0.2) is 0 Å². The average Bonchev–Trinajstić information content (AvgIpc) is 2.53. The molecule has 1 N–H and O–H groups in total. The molecule has 1 aromatic heterocycles. The summed E-state index contributed by atoms with van der Waals surface area (Å²) in [4.78, 5) is 15.8. The van der Waals surface area contributed by atoms with Crippen LogP contribution in [0.25, 0.3) is 0 Å². The fourth-order valence-electron chi connectivity index (χ4n) is 1.77. The Labute approximate surface area is 118 Å². The predicted molar refractivity (Wildman–Crippen MR) is 79.6 cm³/mol. The van der Waals surface area contributed by atoms with Crippen molar-refractivity contribution in [2.45, 2.75) is 19.8 Å². The molecule has 1 amide bonds.